The lowest BCUT2D eigenvalue weighted by Gasteiger charge is -2.35. The number of aryl methyl sites for hydroxylation is 1. The summed E-state index contributed by atoms with van der Waals surface area (Å²) >= 11 is 0. The van der Waals surface area contributed by atoms with Crippen molar-refractivity contribution in [1.82, 2.24) is 15.1 Å². The van der Waals surface area contributed by atoms with Crippen LogP contribution in [0.4, 0.5) is 0 Å². The topological polar surface area (TPSA) is 72.9 Å². The van der Waals surface area contributed by atoms with E-state index in [1.807, 2.05) is 16.9 Å². The van der Waals surface area contributed by atoms with Gasteiger partial charge in [0.25, 0.3) is 0 Å². The highest BCUT2D eigenvalue weighted by atomic mass is 16.2. The number of carbonyl (C=O) groups is 1. The number of nitrogens with one attached hydrogen (secondary N) is 1. The summed E-state index contributed by atoms with van der Waals surface area (Å²) < 4.78 is 1.87. The van der Waals surface area contributed by atoms with Crippen LogP contribution in [0.25, 0.3) is 0 Å². The molecule has 0 radical (unpaired) electrons. The Hall–Kier alpha value is -1.36. The molecule has 1 aromatic heterocycles. The Bertz CT molecular complexity index is 404. The fourth-order valence-electron chi connectivity index (χ4n) is 2.85. The first kappa shape index (κ1) is 14.1. The third-order valence-corrected chi connectivity index (χ3v) is 3.89. The van der Waals surface area contributed by atoms with Crippen LogP contribution in [0.2, 0.25) is 0 Å². The van der Waals surface area contributed by atoms with Crippen LogP contribution in [0.3, 0.4) is 0 Å². The standard InChI is InChI=1S/C14H24N4O/c1-12-5-2-6-14(15,11-12)13(19)16-7-3-9-18-10-4-8-17-18/h4,8,10,12H,2-3,5-7,9,11,15H2,1H3,(H,16,19). The van der Waals surface area contributed by atoms with Gasteiger partial charge < -0.3 is 11.1 Å². The molecule has 1 aliphatic rings. The molecule has 0 bridgehead atoms. The summed E-state index contributed by atoms with van der Waals surface area (Å²) in [6, 6.07) is 1.90. The quantitative estimate of drug-likeness (QED) is 0.787. The van der Waals surface area contributed by atoms with Crippen LogP contribution in [0.5, 0.6) is 0 Å². The summed E-state index contributed by atoms with van der Waals surface area (Å²) in [6.45, 7) is 3.65. The average Bonchev–Trinajstić information content (AvgIpc) is 2.87. The number of hydrogen-bond acceptors (Lipinski definition) is 3. The molecule has 1 aromatic rings. The van der Waals surface area contributed by atoms with E-state index in [0.717, 1.165) is 32.2 Å². The first-order chi connectivity index (χ1) is 9.10. The van der Waals surface area contributed by atoms with Crippen molar-refractivity contribution < 1.29 is 4.79 Å². The van der Waals surface area contributed by atoms with Gasteiger partial charge in [0.2, 0.25) is 5.91 Å². The molecular formula is C14H24N4O. The van der Waals surface area contributed by atoms with Crippen LogP contribution < -0.4 is 11.1 Å². The Labute approximate surface area is 114 Å². The maximum atomic E-state index is 12.2. The zero-order valence-corrected chi connectivity index (χ0v) is 11.6. The number of rotatable bonds is 5. The molecule has 1 aliphatic carbocycles. The third kappa shape index (κ3) is 3.80. The smallest absolute Gasteiger partial charge is 0.240 e. The Morgan fingerprint density at radius 1 is 1.63 bits per heavy atom. The number of nitrogens with two attached hydrogens (primary N) is 1. The number of hydrogen-bond donors (Lipinski definition) is 2. The van der Waals surface area contributed by atoms with Crippen molar-refractivity contribution in [2.24, 2.45) is 11.7 Å². The zero-order chi connectivity index (χ0) is 13.7. The molecule has 0 aliphatic heterocycles. The molecular weight excluding hydrogens is 240 g/mol. The number of aromatic nitrogens is 2. The highest BCUT2D eigenvalue weighted by Crippen LogP contribution is 2.30. The minimum absolute atomic E-state index is 0.0134. The van der Waals surface area contributed by atoms with Crippen molar-refractivity contribution in [1.29, 1.82) is 0 Å². The molecule has 0 spiro atoms. The molecule has 2 atom stereocenters. The van der Waals surface area contributed by atoms with E-state index in [2.05, 4.69) is 17.3 Å². The fraction of sp³-hybridized carbons (Fsp3) is 0.714. The van der Waals surface area contributed by atoms with E-state index < -0.39 is 5.54 Å². The van der Waals surface area contributed by atoms with E-state index in [-0.39, 0.29) is 5.91 Å². The molecule has 5 heteroatoms. The van der Waals surface area contributed by atoms with Crippen LogP contribution in [0.15, 0.2) is 18.5 Å². The molecule has 106 valence electrons. The molecule has 1 fully saturated rings. The van der Waals surface area contributed by atoms with Gasteiger partial charge in [-0.1, -0.05) is 19.8 Å². The van der Waals surface area contributed by atoms with Gasteiger partial charge in [-0.05, 0) is 31.2 Å². The molecule has 3 N–H and O–H groups in total. The van der Waals surface area contributed by atoms with Gasteiger partial charge in [-0.3, -0.25) is 9.48 Å². The second-order valence-electron chi connectivity index (χ2n) is 5.74. The summed E-state index contributed by atoms with van der Waals surface area (Å²) in [6.07, 6.45) is 8.41. The van der Waals surface area contributed by atoms with Crippen LogP contribution in [-0.4, -0.2) is 27.8 Å². The lowest BCUT2D eigenvalue weighted by Crippen LogP contribution is -2.56. The minimum Gasteiger partial charge on any atom is -0.354 e. The van der Waals surface area contributed by atoms with Crippen molar-refractivity contribution in [3.8, 4) is 0 Å². The molecule has 0 saturated heterocycles. The summed E-state index contributed by atoms with van der Waals surface area (Å²) in [4.78, 5) is 12.2. The van der Waals surface area contributed by atoms with Gasteiger partial charge in [0.15, 0.2) is 0 Å². The fourth-order valence-corrected chi connectivity index (χ4v) is 2.85. The van der Waals surface area contributed by atoms with Crippen molar-refractivity contribution in [3.63, 3.8) is 0 Å². The number of amides is 1. The Morgan fingerprint density at radius 3 is 3.16 bits per heavy atom. The summed E-state index contributed by atoms with van der Waals surface area (Å²) in [5.74, 6) is 0.563. The van der Waals surface area contributed by atoms with E-state index in [4.69, 9.17) is 5.73 Å². The molecule has 1 saturated carbocycles. The molecule has 2 unspecified atom stereocenters. The largest absolute Gasteiger partial charge is 0.354 e. The lowest BCUT2D eigenvalue weighted by molar-refractivity contribution is -0.128. The predicted octanol–water partition coefficient (Wildman–Crippen LogP) is 1.30. The number of carbonyl (C=O) groups excluding carboxylic acids is 1. The highest BCUT2D eigenvalue weighted by Gasteiger charge is 2.37. The average molecular weight is 264 g/mol. The second kappa shape index (κ2) is 6.19. The molecule has 1 heterocycles. The van der Waals surface area contributed by atoms with Crippen molar-refractivity contribution >= 4 is 5.91 Å². The number of nitrogens with zero attached hydrogens (tertiary/aromatic N) is 2. The van der Waals surface area contributed by atoms with Gasteiger partial charge in [0, 0.05) is 25.5 Å². The monoisotopic (exact) mass is 264 g/mol. The second-order valence-corrected chi connectivity index (χ2v) is 5.74. The van der Waals surface area contributed by atoms with E-state index in [1.165, 1.54) is 6.42 Å². The molecule has 5 nitrogen and oxygen atoms in total. The van der Waals surface area contributed by atoms with Gasteiger partial charge in [-0.2, -0.15) is 5.10 Å². The molecule has 19 heavy (non-hydrogen) atoms. The summed E-state index contributed by atoms with van der Waals surface area (Å²) in [5, 5.41) is 7.10. The highest BCUT2D eigenvalue weighted by molar-refractivity contribution is 5.86. The van der Waals surface area contributed by atoms with Crippen molar-refractivity contribution in [2.45, 2.75) is 51.1 Å². The van der Waals surface area contributed by atoms with Gasteiger partial charge in [-0.15, -0.1) is 0 Å². The zero-order valence-electron chi connectivity index (χ0n) is 11.6. The SMILES string of the molecule is CC1CCCC(N)(C(=O)NCCCn2cccn2)C1. The third-order valence-electron chi connectivity index (χ3n) is 3.89. The van der Waals surface area contributed by atoms with Crippen LogP contribution in [0.1, 0.15) is 39.0 Å². The van der Waals surface area contributed by atoms with Crippen molar-refractivity contribution in [3.05, 3.63) is 18.5 Å². The first-order valence-electron chi connectivity index (χ1n) is 7.15. The summed E-state index contributed by atoms with van der Waals surface area (Å²) in [5.41, 5.74) is 5.59. The molecule has 2 rings (SSSR count). The van der Waals surface area contributed by atoms with E-state index in [1.54, 1.807) is 6.20 Å². The maximum absolute atomic E-state index is 12.2. The predicted molar refractivity (Wildman–Crippen MR) is 74.4 cm³/mol. The summed E-state index contributed by atoms with van der Waals surface area (Å²) in [7, 11) is 0. The van der Waals surface area contributed by atoms with E-state index >= 15 is 0 Å². The maximum Gasteiger partial charge on any atom is 0.240 e. The Morgan fingerprint density at radius 2 is 2.47 bits per heavy atom. The minimum atomic E-state index is -0.649. The van der Waals surface area contributed by atoms with Gasteiger partial charge in [0.1, 0.15) is 0 Å². The Balaban J connectivity index is 1.71. The Kier molecular flexibility index (Phi) is 4.58. The van der Waals surface area contributed by atoms with Crippen molar-refractivity contribution in [2.75, 3.05) is 6.54 Å². The molecule has 0 aromatic carbocycles. The van der Waals surface area contributed by atoms with Crippen LogP contribution in [0, 0.1) is 5.92 Å². The van der Waals surface area contributed by atoms with Crippen LogP contribution in [-0.2, 0) is 11.3 Å². The van der Waals surface area contributed by atoms with Gasteiger partial charge in [-0.25, -0.2) is 0 Å². The van der Waals surface area contributed by atoms with Crippen LogP contribution >= 0.6 is 0 Å². The van der Waals surface area contributed by atoms with Gasteiger partial charge >= 0.3 is 0 Å². The first-order valence-corrected chi connectivity index (χ1v) is 7.15. The van der Waals surface area contributed by atoms with E-state index in [0.29, 0.717) is 12.5 Å². The van der Waals surface area contributed by atoms with Gasteiger partial charge in [0.05, 0.1) is 5.54 Å². The van der Waals surface area contributed by atoms with E-state index in [9.17, 15) is 4.79 Å². The lowest BCUT2D eigenvalue weighted by atomic mass is 9.76. The normalized spacial score (nSPS) is 27.2. The molecule has 1 amide bonds.